The van der Waals surface area contributed by atoms with Crippen molar-refractivity contribution in [2.45, 2.75) is 26.3 Å². The van der Waals surface area contributed by atoms with Gasteiger partial charge in [0.05, 0.1) is 11.4 Å². The van der Waals surface area contributed by atoms with Crippen molar-refractivity contribution in [3.8, 4) is 5.75 Å². The summed E-state index contributed by atoms with van der Waals surface area (Å²) in [6.45, 7) is 3.77. The fourth-order valence-electron chi connectivity index (χ4n) is 2.65. The summed E-state index contributed by atoms with van der Waals surface area (Å²) in [5, 5.41) is 2.87. The summed E-state index contributed by atoms with van der Waals surface area (Å²) in [4.78, 5) is 30.9. The second-order valence-electron chi connectivity index (χ2n) is 6.36. The predicted octanol–water partition coefficient (Wildman–Crippen LogP) is 2.34. The van der Waals surface area contributed by atoms with E-state index in [1.807, 2.05) is 19.9 Å². The van der Waals surface area contributed by atoms with Gasteiger partial charge in [0.25, 0.3) is 5.91 Å². The highest BCUT2D eigenvalue weighted by atomic mass is 16.5. The quantitative estimate of drug-likeness (QED) is 0.625. The summed E-state index contributed by atoms with van der Waals surface area (Å²) in [6.07, 6.45) is 3.99. The molecule has 140 valence electrons. The molecule has 7 nitrogen and oxygen atoms in total. The highest BCUT2D eigenvalue weighted by Crippen LogP contribution is 2.37. The molecular formula is C20H22N4O3. The summed E-state index contributed by atoms with van der Waals surface area (Å²) in [7, 11) is 0. The first kappa shape index (κ1) is 18.4. The van der Waals surface area contributed by atoms with Crippen LogP contribution in [-0.2, 0) is 9.59 Å². The molecule has 3 N–H and O–H groups in total. The van der Waals surface area contributed by atoms with Crippen molar-refractivity contribution in [2.75, 3.05) is 17.2 Å². The van der Waals surface area contributed by atoms with Crippen molar-refractivity contribution in [2.24, 2.45) is 0 Å². The molecule has 1 aliphatic rings. The smallest absolute Gasteiger partial charge is 0.294 e. The molecule has 2 aromatic rings. The SMILES string of the molecule is CCC(C)NC(=O)CN1C(=O)/C(=C\c2ccccn2)Oc2ccc(N)cc21. The minimum Gasteiger partial charge on any atom is -0.449 e. The topological polar surface area (TPSA) is 97.5 Å². The molecule has 0 spiro atoms. The van der Waals surface area contributed by atoms with Crippen LogP contribution in [0.25, 0.3) is 6.08 Å². The maximum absolute atomic E-state index is 13.0. The van der Waals surface area contributed by atoms with E-state index in [0.29, 0.717) is 22.8 Å². The van der Waals surface area contributed by atoms with Crippen LogP contribution < -0.4 is 20.7 Å². The lowest BCUT2D eigenvalue weighted by Gasteiger charge is -2.30. The molecule has 0 saturated heterocycles. The van der Waals surface area contributed by atoms with Crippen molar-refractivity contribution < 1.29 is 14.3 Å². The normalized spacial score (nSPS) is 15.9. The second-order valence-corrected chi connectivity index (χ2v) is 6.36. The van der Waals surface area contributed by atoms with Crippen molar-refractivity contribution in [1.82, 2.24) is 10.3 Å². The number of nitrogens with two attached hydrogens (primary N) is 1. The van der Waals surface area contributed by atoms with Gasteiger partial charge in [0.1, 0.15) is 6.54 Å². The number of hydrogen-bond donors (Lipinski definition) is 2. The molecule has 0 aliphatic carbocycles. The molecule has 1 unspecified atom stereocenters. The summed E-state index contributed by atoms with van der Waals surface area (Å²) in [6, 6.07) is 10.4. The Labute approximate surface area is 157 Å². The highest BCUT2D eigenvalue weighted by molar-refractivity contribution is 6.12. The lowest BCUT2D eigenvalue weighted by atomic mass is 10.1. The van der Waals surface area contributed by atoms with Crippen molar-refractivity contribution in [1.29, 1.82) is 0 Å². The number of pyridine rings is 1. The van der Waals surface area contributed by atoms with Crippen LogP contribution in [0, 0.1) is 0 Å². The van der Waals surface area contributed by atoms with Gasteiger partial charge < -0.3 is 15.8 Å². The Hall–Kier alpha value is -3.35. The predicted molar refractivity (Wildman–Crippen MR) is 104 cm³/mol. The van der Waals surface area contributed by atoms with Gasteiger partial charge in [-0.05, 0) is 43.7 Å². The van der Waals surface area contributed by atoms with Crippen LogP contribution in [0.2, 0.25) is 0 Å². The molecule has 3 rings (SSSR count). The fraction of sp³-hybridized carbons (Fsp3) is 0.250. The number of benzene rings is 1. The monoisotopic (exact) mass is 366 g/mol. The molecule has 1 aromatic carbocycles. The molecule has 27 heavy (non-hydrogen) atoms. The third kappa shape index (κ3) is 4.25. The molecular weight excluding hydrogens is 344 g/mol. The maximum atomic E-state index is 13.0. The van der Waals surface area contributed by atoms with Gasteiger partial charge in [0.2, 0.25) is 5.91 Å². The van der Waals surface area contributed by atoms with E-state index >= 15 is 0 Å². The Kier molecular flexibility index (Phi) is 5.40. The Morgan fingerprint density at radius 3 is 2.89 bits per heavy atom. The molecule has 1 atom stereocenters. The first-order valence-electron chi connectivity index (χ1n) is 8.79. The average Bonchev–Trinajstić information content (AvgIpc) is 2.66. The first-order chi connectivity index (χ1) is 13.0. The van der Waals surface area contributed by atoms with Crippen molar-refractivity contribution in [3.63, 3.8) is 0 Å². The van der Waals surface area contributed by atoms with Gasteiger partial charge >= 0.3 is 0 Å². The summed E-state index contributed by atoms with van der Waals surface area (Å²) in [5.41, 5.74) is 7.40. The minimum absolute atomic E-state index is 0.0255. The Morgan fingerprint density at radius 1 is 1.37 bits per heavy atom. The number of carbonyl (C=O) groups excluding carboxylic acids is 2. The van der Waals surface area contributed by atoms with E-state index in [-0.39, 0.29) is 24.3 Å². The van der Waals surface area contributed by atoms with Crippen LogP contribution >= 0.6 is 0 Å². The minimum atomic E-state index is -0.418. The van der Waals surface area contributed by atoms with Gasteiger partial charge in [0, 0.05) is 24.0 Å². The number of anilines is 2. The molecule has 7 heteroatoms. The van der Waals surface area contributed by atoms with Crippen LogP contribution in [0.5, 0.6) is 5.75 Å². The maximum Gasteiger partial charge on any atom is 0.294 e. The van der Waals surface area contributed by atoms with Gasteiger partial charge in [-0.3, -0.25) is 19.5 Å². The molecule has 1 aliphatic heterocycles. The fourth-order valence-corrected chi connectivity index (χ4v) is 2.65. The molecule has 1 aromatic heterocycles. The lowest BCUT2D eigenvalue weighted by molar-refractivity contribution is -0.123. The van der Waals surface area contributed by atoms with E-state index in [1.165, 1.54) is 4.90 Å². The Balaban J connectivity index is 1.94. The first-order valence-corrected chi connectivity index (χ1v) is 8.79. The van der Waals surface area contributed by atoms with Gasteiger partial charge in [-0.2, -0.15) is 0 Å². The molecule has 0 bridgehead atoms. The van der Waals surface area contributed by atoms with Gasteiger partial charge in [-0.1, -0.05) is 13.0 Å². The van der Waals surface area contributed by atoms with Crippen LogP contribution in [-0.4, -0.2) is 29.4 Å². The van der Waals surface area contributed by atoms with Crippen LogP contribution in [0.3, 0.4) is 0 Å². The van der Waals surface area contributed by atoms with E-state index in [2.05, 4.69) is 10.3 Å². The molecule has 0 radical (unpaired) electrons. The van der Waals surface area contributed by atoms with Crippen molar-refractivity contribution >= 4 is 29.3 Å². The second kappa shape index (κ2) is 7.90. The zero-order chi connectivity index (χ0) is 19.4. The standard InChI is InChI=1S/C20H22N4O3/c1-3-13(2)23-19(25)12-24-16-10-14(21)7-8-17(16)27-18(20(24)26)11-15-6-4-5-9-22-15/h4-11,13H,3,12,21H2,1-2H3,(H,23,25)/b18-11+. The Bertz CT molecular complexity index is 880. The molecule has 0 saturated carbocycles. The van der Waals surface area contributed by atoms with Gasteiger partial charge in [-0.25, -0.2) is 0 Å². The van der Waals surface area contributed by atoms with Gasteiger partial charge in [-0.15, -0.1) is 0 Å². The molecule has 0 fully saturated rings. The summed E-state index contributed by atoms with van der Waals surface area (Å²) >= 11 is 0. The number of hydrogen-bond acceptors (Lipinski definition) is 5. The van der Waals surface area contributed by atoms with E-state index in [4.69, 9.17) is 10.5 Å². The van der Waals surface area contributed by atoms with Crippen molar-refractivity contribution in [3.05, 3.63) is 54.0 Å². The van der Waals surface area contributed by atoms with Crippen LogP contribution in [0.4, 0.5) is 11.4 Å². The summed E-state index contributed by atoms with van der Waals surface area (Å²) < 4.78 is 5.76. The van der Waals surface area contributed by atoms with E-state index in [1.54, 1.807) is 42.6 Å². The zero-order valence-corrected chi connectivity index (χ0v) is 15.3. The van der Waals surface area contributed by atoms with E-state index in [0.717, 1.165) is 6.42 Å². The zero-order valence-electron chi connectivity index (χ0n) is 15.3. The molecule has 2 heterocycles. The highest BCUT2D eigenvalue weighted by Gasteiger charge is 2.32. The number of rotatable bonds is 5. The summed E-state index contributed by atoms with van der Waals surface area (Å²) in [5.74, 6) is -0.104. The van der Waals surface area contributed by atoms with Gasteiger partial charge in [0.15, 0.2) is 11.5 Å². The average molecular weight is 366 g/mol. The number of nitrogens with one attached hydrogen (secondary N) is 1. The number of fused-ring (bicyclic) bond motifs is 1. The largest absolute Gasteiger partial charge is 0.449 e. The number of nitrogen functional groups attached to an aromatic ring is 1. The number of nitrogens with zero attached hydrogens (tertiary/aromatic N) is 2. The number of ether oxygens (including phenoxy) is 1. The molecule has 2 amide bonds. The number of aromatic nitrogens is 1. The van der Waals surface area contributed by atoms with E-state index < -0.39 is 5.91 Å². The Morgan fingerprint density at radius 2 is 2.19 bits per heavy atom. The number of carbonyl (C=O) groups is 2. The lowest BCUT2D eigenvalue weighted by Crippen LogP contribution is -2.46. The van der Waals surface area contributed by atoms with Crippen LogP contribution in [0.15, 0.2) is 48.4 Å². The number of amides is 2. The third-order valence-electron chi connectivity index (χ3n) is 4.24. The van der Waals surface area contributed by atoms with Crippen LogP contribution in [0.1, 0.15) is 26.0 Å². The van der Waals surface area contributed by atoms with E-state index in [9.17, 15) is 9.59 Å². The third-order valence-corrected chi connectivity index (χ3v) is 4.24.